The summed E-state index contributed by atoms with van der Waals surface area (Å²) in [4.78, 5) is 40.8. The summed E-state index contributed by atoms with van der Waals surface area (Å²) >= 11 is 3.35. The van der Waals surface area contributed by atoms with Crippen LogP contribution in [-0.4, -0.2) is 34.2 Å². The van der Waals surface area contributed by atoms with E-state index in [1.807, 2.05) is 6.07 Å². The molecule has 0 aliphatic carbocycles. The molecule has 1 aromatic heterocycles. The number of carbonyl (C=O) groups excluding carboxylic acids is 3. The molecule has 2 aromatic rings. The molecule has 0 saturated carbocycles. The third-order valence-electron chi connectivity index (χ3n) is 3.88. The van der Waals surface area contributed by atoms with Crippen LogP contribution in [0.1, 0.15) is 23.0 Å². The largest absolute Gasteiger partial charge is 0.359 e. The van der Waals surface area contributed by atoms with Gasteiger partial charge in [0.15, 0.2) is 5.78 Å². The fourth-order valence-electron chi connectivity index (χ4n) is 2.57. The number of ketones is 1. The van der Waals surface area contributed by atoms with Crippen LogP contribution in [0.2, 0.25) is 0 Å². The monoisotopic (exact) mass is 375 g/mol. The number of hydrogen-bond acceptors (Lipinski definition) is 3. The molecule has 2 heterocycles. The van der Waals surface area contributed by atoms with E-state index in [9.17, 15) is 14.4 Å². The summed E-state index contributed by atoms with van der Waals surface area (Å²) in [6.45, 7) is 1.34. The highest BCUT2D eigenvalue weighted by atomic mass is 79.9. The number of imide groups is 1. The van der Waals surface area contributed by atoms with Gasteiger partial charge < -0.3 is 10.3 Å². The number of hydrogen-bond donors (Lipinski definition) is 2. The number of benzene rings is 1. The van der Waals surface area contributed by atoms with Gasteiger partial charge >= 0.3 is 6.03 Å². The molecule has 7 heteroatoms. The van der Waals surface area contributed by atoms with E-state index in [1.54, 1.807) is 43.5 Å². The second-order valence-electron chi connectivity index (χ2n) is 5.46. The minimum Gasteiger partial charge on any atom is -0.359 e. The Hall–Kier alpha value is -2.41. The summed E-state index contributed by atoms with van der Waals surface area (Å²) in [5.41, 5.74) is -0.168. The zero-order chi connectivity index (χ0) is 16.6. The lowest BCUT2D eigenvalue weighted by Crippen LogP contribution is -2.41. The molecule has 1 saturated heterocycles. The van der Waals surface area contributed by atoms with E-state index in [4.69, 9.17) is 0 Å². The molecular formula is C16H14BrN3O3. The van der Waals surface area contributed by atoms with Crippen LogP contribution in [-0.2, 0) is 10.3 Å². The first-order chi connectivity index (χ1) is 10.9. The second-order valence-corrected chi connectivity index (χ2v) is 6.38. The highest BCUT2D eigenvalue weighted by Gasteiger charge is 2.49. The molecule has 1 fully saturated rings. The number of aromatic amines is 1. The van der Waals surface area contributed by atoms with Gasteiger partial charge in [-0.15, -0.1) is 0 Å². The molecule has 0 radical (unpaired) electrons. The SMILES string of the molecule is C[C@]1(c2cccc(Br)c2)NC(=O)N(CC(=O)c2ccc[nH]2)C1=O. The van der Waals surface area contributed by atoms with Gasteiger partial charge in [-0.05, 0) is 36.8 Å². The van der Waals surface area contributed by atoms with E-state index < -0.39 is 17.5 Å². The molecule has 1 aliphatic heterocycles. The highest BCUT2D eigenvalue weighted by Crippen LogP contribution is 2.30. The van der Waals surface area contributed by atoms with Crippen LogP contribution in [0.4, 0.5) is 4.79 Å². The van der Waals surface area contributed by atoms with Crippen LogP contribution in [0.3, 0.4) is 0 Å². The van der Waals surface area contributed by atoms with Gasteiger partial charge in [-0.3, -0.25) is 14.5 Å². The Labute approximate surface area is 141 Å². The lowest BCUT2D eigenvalue weighted by Gasteiger charge is -2.22. The number of nitrogens with zero attached hydrogens (tertiary/aromatic N) is 1. The van der Waals surface area contributed by atoms with Crippen LogP contribution in [0.15, 0.2) is 47.1 Å². The molecule has 1 atom stereocenters. The Morgan fingerprint density at radius 2 is 2.04 bits per heavy atom. The number of urea groups is 1. The molecule has 3 rings (SSSR count). The van der Waals surface area contributed by atoms with Gasteiger partial charge in [-0.2, -0.15) is 0 Å². The number of amides is 3. The van der Waals surface area contributed by atoms with Crippen LogP contribution in [0.5, 0.6) is 0 Å². The molecule has 3 amide bonds. The molecule has 6 nitrogen and oxygen atoms in total. The van der Waals surface area contributed by atoms with E-state index in [1.165, 1.54) is 0 Å². The van der Waals surface area contributed by atoms with Crippen molar-refractivity contribution >= 4 is 33.7 Å². The zero-order valence-electron chi connectivity index (χ0n) is 12.3. The van der Waals surface area contributed by atoms with Gasteiger partial charge in [0.05, 0.1) is 12.2 Å². The normalized spacial score (nSPS) is 20.7. The van der Waals surface area contributed by atoms with Crippen molar-refractivity contribution in [2.75, 3.05) is 6.54 Å². The number of carbonyl (C=O) groups is 3. The Morgan fingerprint density at radius 1 is 1.26 bits per heavy atom. The summed E-state index contributed by atoms with van der Waals surface area (Å²) in [5, 5.41) is 2.68. The van der Waals surface area contributed by atoms with Crippen molar-refractivity contribution < 1.29 is 14.4 Å². The van der Waals surface area contributed by atoms with Gasteiger partial charge in [-0.1, -0.05) is 28.1 Å². The number of nitrogens with one attached hydrogen (secondary N) is 2. The van der Waals surface area contributed by atoms with Crippen LogP contribution in [0.25, 0.3) is 0 Å². The van der Waals surface area contributed by atoms with E-state index in [-0.39, 0.29) is 12.3 Å². The third kappa shape index (κ3) is 2.68. The van der Waals surface area contributed by atoms with Gasteiger partial charge in [0.2, 0.25) is 0 Å². The van der Waals surface area contributed by atoms with Crippen molar-refractivity contribution in [3.8, 4) is 0 Å². The van der Waals surface area contributed by atoms with Gasteiger partial charge in [0, 0.05) is 10.7 Å². The standard InChI is InChI=1S/C16H14BrN3O3/c1-16(10-4-2-5-11(17)8-10)14(22)20(15(23)19-16)9-13(21)12-6-3-7-18-12/h2-8,18H,9H2,1H3,(H,19,23)/t16-/m1/s1. The predicted octanol–water partition coefficient (Wildman–Crippen LogP) is 2.43. The molecular weight excluding hydrogens is 362 g/mol. The van der Waals surface area contributed by atoms with E-state index in [0.29, 0.717) is 11.3 Å². The van der Waals surface area contributed by atoms with Crippen molar-refractivity contribution in [2.45, 2.75) is 12.5 Å². The molecule has 2 N–H and O–H groups in total. The maximum atomic E-state index is 12.7. The summed E-state index contributed by atoms with van der Waals surface area (Å²) in [5.74, 6) is -0.766. The minimum atomic E-state index is -1.18. The second kappa shape index (κ2) is 5.66. The van der Waals surface area contributed by atoms with Crippen LogP contribution >= 0.6 is 15.9 Å². The van der Waals surface area contributed by atoms with E-state index in [2.05, 4.69) is 26.2 Å². The molecule has 1 aromatic carbocycles. The van der Waals surface area contributed by atoms with Gasteiger partial charge in [0.1, 0.15) is 5.54 Å². The maximum absolute atomic E-state index is 12.7. The Balaban J connectivity index is 1.86. The molecule has 0 spiro atoms. The molecule has 118 valence electrons. The molecule has 1 aliphatic rings. The van der Waals surface area contributed by atoms with Crippen molar-refractivity contribution in [3.63, 3.8) is 0 Å². The number of halogens is 1. The maximum Gasteiger partial charge on any atom is 0.325 e. The zero-order valence-corrected chi connectivity index (χ0v) is 13.9. The first kappa shape index (κ1) is 15.5. The molecule has 0 bridgehead atoms. The average molecular weight is 376 g/mol. The number of rotatable bonds is 4. The van der Waals surface area contributed by atoms with Gasteiger partial charge in [-0.25, -0.2) is 4.79 Å². The smallest absolute Gasteiger partial charge is 0.325 e. The Bertz CT molecular complexity index is 788. The summed E-state index contributed by atoms with van der Waals surface area (Å²) in [6, 6.07) is 9.88. The molecule has 0 unspecified atom stereocenters. The molecule has 23 heavy (non-hydrogen) atoms. The fraction of sp³-hybridized carbons (Fsp3) is 0.188. The lowest BCUT2D eigenvalue weighted by atomic mass is 9.92. The number of H-pyrrole nitrogens is 1. The predicted molar refractivity (Wildman–Crippen MR) is 86.9 cm³/mol. The van der Waals surface area contributed by atoms with E-state index >= 15 is 0 Å². The highest BCUT2D eigenvalue weighted by molar-refractivity contribution is 9.10. The topological polar surface area (TPSA) is 82.3 Å². The van der Waals surface area contributed by atoms with Crippen molar-refractivity contribution in [3.05, 3.63) is 58.3 Å². The summed E-state index contributed by atoms with van der Waals surface area (Å²) in [7, 11) is 0. The fourth-order valence-corrected chi connectivity index (χ4v) is 2.97. The lowest BCUT2D eigenvalue weighted by molar-refractivity contribution is -0.130. The minimum absolute atomic E-state index is 0.297. The first-order valence-electron chi connectivity index (χ1n) is 6.98. The van der Waals surface area contributed by atoms with Crippen LogP contribution in [0, 0.1) is 0 Å². The summed E-state index contributed by atoms with van der Waals surface area (Å²) in [6.07, 6.45) is 1.62. The average Bonchev–Trinajstić information content (AvgIpc) is 3.11. The van der Waals surface area contributed by atoms with E-state index in [0.717, 1.165) is 9.37 Å². The number of aromatic nitrogens is 1. The Kier molecular flexibility index (Phi) is 3.81. The quantitative estimate of drug-likeness (QED) is 0.635. The van der Waals surface area contributed by atoms with Crippen molar-refractivity contribution in [2.24, 2.45) is 0 Å². The first-order valence-corrected chi connectivity index (χ1v) is 7.78. The van der Waals surface area contributed by atoms with Gasteiger partial charge in [0.25, 0.3) is 5.91 Å². The van der Waals surface area contributed by atoms with Crippen LogP contribution < -0.4 is 5.32 Å². The number of Topliss-reactive ketones (excluding diaryl/α,β-unsaturated/α-hetero) is 1. The summed E-state index contributed by atoms with van der Waals surface area (Å²) < 4.78 is 0.805. The van der Waals surface area contributed by atoms with Crippen molar-refractivity contribution in [1.29, 1.82) is 0 Å². The van der Waals surface area contributed by atoms with Crippen molar-refractivity contribution in [1.82, 2.24) is 15.2 Å². The third-order valence-corrected chi connectivity index (χ3v) is 4.37. The Morgan fingerprint density at radius 3 is 2.70 bits per heavy atom.